The largest absolute Gasteiger partial charge is 0.324 e. The van der Waals surface area contributed by atoms with E-state index in [0.29, 0.717) is 0 Å². The molecule has 0 saturated heterocycles. The zero-order valence-electron chi connectivity index (χ0n) is 11.4. The molecule has 1 N–H and O–H groups in total. The highest BCUT2D eigenvalue weighted by Crippen LogP contribution is 2.27. The van der Waals surface area contributed by atoms with Gasteiger partial charge >= 0.3 is 0 Å². The Balaban J connectivity index is 1.81. The second kappa shape index (κ2) is 6.05. The van der Waals surface area contributed by atoms with Gasteiger partial charge in [0.15, 0.2) is 0 Å². The van der Waals surface area contributed by atoms with Crippen LogP contribution >= 0.6 is 0 Å². The molecule has 4 heteroatoms. The van der Waals surface area contributed by atoms with Gasteiger partial charge in [0.25, 0.3) is 0 Å². The summed E-state index contributed by atoms with van der Waals surface area (Å²) in [5.74, 6) is -0.0953. The van der Waals surface area contributed by atoms with Gasteiger partial charge in [-0.25, -0.2) is 0 Å². The van der Waals surface area contributed by atoms with Crippen molar-refractivity contribution in [3.8, 4) is 11.1 Å². The maximum Gasteiger partial charge on any atom is 0.246 e. The first-order valence-electron chi connectivity index (χ1n) is 6.75. The Morgan fingerprint density at radius 2 is 1.76 bits per heavy atom. The molecule has 0 unspecified atom stereocenters. The summed E-state index contributed by atoms with van der Waals surface area (Å²) >= 11 is 0. The summed E-state index contributed by atoms with van der Waals surface area (Å²) in [5, 5.41) is 6.98. The summed E-state index contributed by atoms with van der Waals surface area (Å²) in [6.07, 6.45) is 3.42. The fraction of sp³-hybridized carbons (Fsp3) is 0.0588. The van der Waals surface area contributed by atoms with E-state index in [-0.39, 0.29) is 12.5 Å². The Bertz CT molecular complexity index is 721. The molecule has 4 nitrogen and oxygen atoms in total. The predicted octanol–water partition coefficient (Wildman–Crippen LogP) is 3.19. The number of carbonyl (C=O) groups excluding carboxylic acids is 1. The second-order valence-corrected chi connectivity index (χ2v) is 4.66. The zero-order chi connectivity index (χ0) is 14.5. The lowest BCUT2D eigenvalue weighted by molar-refractivity contribution is -0.116. The molecule has 0 saturated carbocycles. The molecule has 0 fully saturated rings. The van der Waals surface area contributed by atoms with Crippen molar-refractivity contribution in [2.75, 3.05) is 5.32 Å². The van der Waals surface area contributed by atoms with Gasteiger partial charge in [-0.05, 0) is 17.7 Å². The molecule has 104 valence electrons. The van der Waals surface area contributed by atoms with Crippen LogP contribution in [0.1, 0.15) is 0 Å². The topological polar surface area (TPSA) is 46.9 Å². The van der Waals surface area contributed by atoms with Gasteiger partial charge in [-0.3, -0.25) is 9.48 Å². The maximum atomic E-state index is 12.1. The van der Waals surface area contributed by atoms with E-state index in [1.165, 1.54) is 0 Å². The lowest BCUT2D eigenvalue weighted by Gasteiger charge is -2.11. The SMILES string of the molecule is O=C(Cn1cccn1)Nc1ccccc1-c1ccccc1. The second-order valence-electron chi connectivity index (χ2n) is 4.66. The Kier molecular flexibility index (Phi) is 3.78. The average Bonchev–Trinajstić information content (AvgIpc) is 3.01. The van der Waals surface area contributed by atoms with E-state index in [1.54, 1.807) is 23.1 Å². The Morgan fingerprint density at radius 3 is 2.52 bits per heavy atom. The number of aromatic nitrogens is 2. The molecule has 0 aliphatic heterocycles. The summed E-state index contributed by atoms with van der Waals surface area (Å²) in [6, 6.07) is 19.6. The number of hydrogen-bond donors (Lipinski definition) is 1. The third-order valence-electron chi connectivity index (χ3n) is 3.15. The highest BCUT2D eigenvalue weighted by Gasteiger charge is 2.08. The fourth-order valence-corrected chi connectivity index (χ4v) is 2.19. The van der Waals surface area contributed by atoms with E-state index >= 15 is 0 Å². The number of anilines is 1. The van der Waals surface area contributed by atoms with Crippen LogP contribution in [0.5, 0.6) is 0 Å². The molecule has 2 aromatic carbocycles. The van der Waals surface area contributed by atoms with E-state index < -0.39 is 0 Å². The molecule has 0 spiro atoms. The van der Waals surface area contributed by atoms with E-state index in [0.717, 1.165) is 16.8 Å². The first-order valence-corrected chi connectivity index (χ1v) is 6.75. The number of benzene rings is 2. The lowest BCUT2D eigenvalue weighted by Crippen LogP contribution is -2.19. The van der Waals surface area contributed by atoms with Gasteiger partial charge < -0.3 is 5.32 Å². The van der Waals surface area contributed by atoms with Crippen LogP contribution in [0, 0.1) is 0 Å². The van der Waals surface area contributed by atoms with Crippen LogP contribution in [0.25, 0.3) is 11.1 Å². The number of rotatable bonds is 4. The van der Waals surface area contributed by atoms with E-state index in [9.17, 15) is 4.79 Å². The molecule has 0 radical (unpaired) electrons. The molecule has 0 bridgehead atoms. The van der Waals surface area contributed by atoms with Crippen LogP contribution in [0.4, 0.5) is 5.69 Å². The quantitative estimate of drug-likeness (QED) is 0.796. The van der Waals surface area contributed by atoms with Crippen molar-refractivity contribution in [1.82, 2.24) is 9.78 Å². The van der Waals surface area contributed by atoms with Gasteiger partial charge in [0.2, 0.25) is 5.91 Å². The molecule has 21 heavy (non-hydrogen) atoms. The minimum atomic E-state index is -0.0953. The number of carbonyl (C=O) groups is 1. The molecule has 0 atom stereocenters. The Labute approximate surface area is 123 Å². The maximum absolute atomic E-state index is 12.1. The first-order chi connectivity index (χ1) is 10.3. The van der Waals surface area contributed by atoms with Gasteiger partial charge in [0.1, 0.15) is 6.54 Å². The molecule has 1 heterocycles. The van der Waals surface area contributed by atoms with Gasteiger partial charge in [-0.1, -0.05) is 48.5 Å². The van der Waals surface area contributed by atoms with Crippen molar-refractivity contribution in [2.24, 2.45) is 0 Å². The smallest absolute Gasteiger partial charge is 0.246 e. The molecular weight excluding hydrogens is 262 g/mol. The first kappa shape index (κ1) is 13.1. The molecule has 0 aliphatic rings. The summed E-state index contributed by atoms with van der Waals surface area (Å²) in [4.78, 5) is 12.1. The van der Waals surface area contributed by atoms with Crippen molar-refractivity contribution in [1.29, 1.82) is 0 Å². The minimum Gasteiger partial charge on any atom is -0.324 e. The fourth-order valence-electron chi connectivity index (χ4n) is 2.19. The highest BCUT2D eigenvalue weighted by atomic mass is 16.2. The van der Waals surface area contributed by atoms with E-state index in [1.807, 2.05) is 54.6 Å². The van der Waals surface area contributed by atoms with E-state index in [4.69, 9.17) is 0 Å². The molecular formula is C17H15N3O. The molecule has 3 aromatic rings. The van der Waals surface area contributed by atoms with Crippen LogP contribution < -0.4 is 5.32 Å². The number of hydrogen-bond acceptors (Lipinski definition) is 2. The van der Waals surface area contributed by atoms with Crippen LogP contribution in [-0.4, -0.2) is 15.7 Å². The number of amides is 1. The zero-order valence-corrected chi connectivity index (χ0v) is 11.4. The van der Waals surface area contributed by atoms with Crippen LogP contribution in [0.3, 0.4) is 0 Å². The number of nitrogens with one attached hydrogen (secondary N) is 1. The monoisotopic (exact) mass is 277 g/mol. The van der Waals surface area contributed by atoms with Gasteiger partial charge in [-0.15, -0.1) is 0 Å². The highest BCUT2D eigenvalue weighted by molar-refractivity contribution is 5.95. The van der Waals surface area contributed by atoms with E-state index in [2.05, 4.69) is 10.4 Å². The standard InChI is InChI=1S/C17H15N3O/c21-17(13-20-12-6-11-18-20)19-16-10-5-4-9-15(16)14-7-2-1-3-8-14/h1-12H,13H2,(H,19,21). The van der Waals surface area contributed by atoms with Crippen LogP contribution in [0.15, 0.2) is 73.1 Å². The molecule has 0 aliphatic carbocycles. The van der Waals surface area contributed by atoms with Crippen molar-refractivity contribution in [3.05, 3.63) is 73.1 Å². The van der Waals surface area contributed by atoms with Crippen molar-refractivity contribution in [2.45, 2.75) is 6.54 Å². The molecule has 1 amide bonds. The van der Waals surface area contributed by atoms with Gasteiger partial charge in [0.05, 0.1) is 0 Å². The summed E-state index contributed by atoms with van der Waals surface area (Å²) in [7, 11) is 0. The Morgan fingerprint density at radius 1 is 1.00 bits per heavy atom. The third-order valence-corrected chi connectivity index (χ3v) is 3.15. The van der Waals surface area contributed by atoms with Crippen molar-refractivity contribution >= 4 is 11.6 Å². The van der Waals surface area contributed by atoms with Crippen molar-refractivity contribution < 1.29 is 4.79 Å². The third kappa shape index (κ3) is 3.17. The number of para-hydroxylation sites is 1. The summed E-state index contributed by atoms with van der Waals surface area (Å²) in [5.41, 5.74) is 2.89. The van der Waals surface area contributed by atoms with Crippen molar-refractivity contribution in [3.63, 3.8) is 0 Å². The molecule has 3 rings (SSSR count). The van der Waals surface area contributed by atoms with Crippen LogP contribution in [-0.2, 0) is 11.3 Å². The average molecular weight is 277 g/mol. The Hall–Kier alpha value is -2.88. The normalized spacial score (nSPS) is 10.3. The summed E-state index contributed by atoms with van der Waals surface area (Å²) < 4.78 is 1.60. The number of nitrogens with zero attached hydrogens (tertiary/aromatic N) is 2. The van der Waals surface area contributed by atoms with Crippen LogP contribution in [0.2, 0.25) is 0 Å². The minimum absolute atomic E-state index is 0.0953. The summed E-state index contributed by atoms with van der Waals surface area (Å²) in [6.45, 7) is 0.204. The lowest BCUT2D eigenvalue weighted by atomic mass is 10.0. The van der Waals surface area contributed by atoms with Gasteiger partial charge in [-0.2, -0.15) is 5.10 Å². The predicted molar refractivity (Wildman–Crippen MR) is 82.7 cm³/mol. The molecule has 1 aromatic heterocycles. The van der Waals surface area contributed by atoms with Gasteiger partial charge in [0, 0.05) is 23.6 Å².